The van der Waals surface area contributed by atoms with E-state index in [1.165, 1.54) is 11.3 Å². The lowest BCUT2D eigenvalue weighted by Crippen LogP contribution is -2.07. The molecule has 0 radical (unpaired) electrons. The minimum absolute atomic E-state index is 0.291. The van der Waals surface area contributed by atoms with Crippen LogP contribution in [0.4, 0.5) is 5.00 Å². The van der Waals surface area contributed by atoms with E-state index in [9.17, 15) is 4.79 Å². The third kappa shape index (κ3) is 1.72. The molecule has 1 aliphatic rings. The molecule has 14 heavy (non-hydrogen) atoms. The van der Waals surface area contributed by atoms with Gasteiger partial charge in [0.15, 0.2) is 5.69 Å². The monoisotopic (exact) mass is 212 g/mol. The van der Waals surface area contributed by atoms with Gasteiger partial charge in [0.1, 0.15) is 5.00 Å². The molecule has 1 aliphatic carbocycles. The van der Waals surface area contributed by atoms with Crippen molar-refractivity contribution < 1.29 is 9.53 Å². The third-order valence-corrected chi connectivity index (χ3v) is 3.11. The predicted molar refractivity (Wildman–Crippen MR) is 54.5 cm³/mol. The summed E-state index contributed by atoms with van der Waals surface area (Å²) in [5, 5.41) is 1.45. The quantitative estimate of drug-likeness (QED) is 0.775. The topological polar surface area (TPSA) is 65.2 Å². The third-order valence-electron chi connectivity index (χ3n) is 2.07. The molecule has 76 valence electrons. The lowest BCUT2D eigenvalue weighted by atomic mass is 10.4. The van der Waals surface area contributed by atoms with Crippen LogP contribution in [0, 0.1) is 0 Å². The standard InChI is InChI=1S/C9H12N2O2S/c1-2-13-9(12)6-7(10)14-8(11-6)5-3-4-5/h5H,2-4,10H2,1H3. The van der Waals surface area contributed by atoms with Gasteiger partial charge < -0.3 is 10.5 Å². The van der Waals surface area contributed by atoms with Crippen molar-refractivity contribution in [2.45, 2.75) is 25.7 Å². The van der Waals surface area contributed by atoms with Crippen LogP contribution in [0.3, 0.4) is 0 Å². The molecule has 5 heteroatoms. The fourth-order valence-corrected chi connectivity index (χ4v) is 2.19. The van der Waals surface area contributed by atoms with Gasteiger partial charge in [-0.2, -0.15) is 0 Å². The Morgan fingerprint density at radius 2 is 2.43 bits per heavy atom. The first kappa shape index (κ1) is 9.45. The second-order valence-corrected chi connectivity index (χ2v) is 4.32. The van der Waals surface area contributed by atoms with Crippen molar-refractivity contribution in [1.82, 2.24) is 4.98 Å². The molecule has 0 atom stereocenters. The molecule has 0 spiro atoms. The molecule has 0 saturated heterocycles. The highest BCUT2D eigenvalue weighted by Crippen LogP contribution is 2.43. The zero-order chi connectivity index (χ0) is 10.1. The van der Waals surface area contributed by atoms with Gasteiger partial charge in [-0.05, 0) is 19.8 Å². The number of nitrogens with two attached hydrogens (primary N) is 1. The van der Waals surface area contributed by atoms with E-state index < -0.39 is 5.97 Å². The van der Waals surface area contributed by atoms with Gasteiger partial charge in [-0.1, -0.05) is 0 Å². The number of nitrogen functional groups attached to an aromatic ring is 1. The van der Waals surface area contributed by atoms with Gasteiger partial charge in [-0.15, -0.1) is 11.3 Å². The van der Waals surface area contributed by atoms with Gasteiger partial charge >= 0.3 is 5.97 Å². The number of hydrogen-bond acceptors (Lipinski definition) is 5. The molecule has 1 fully saturated rings. The van der Waals surface area contributed by atoms with Crippen LogP contribution in [0.5, 0.6) is 0 Å². The zero-order valence-corrected chi connectivity index (χ0v) is 8.76. The lowest BCUT2D eigenvalue weighted by Gasteiger charge is -1.97. The number of carbonyl (C=O) groups excluding carboxylic acids is 1. The van der Waals surface area contributed by atoms with Crippen LogP contribution >= 0.6 is 11.3 Å². The van der Waals surface area contributed by atoms with Gasteiger partial charge in [0.25, 0.3) is 0 Å². The van der Waals surface area contributed by atoms with Crippen molar-refractivity contribution >= 4 is 22.3 Å². The molecular formula is C9H12N2O2S. The summed E-state index contributed by atoms with van der Waals surface area (Å²) in [5.41, 5.74) is 5.98. The maximum absolute atomic E-state index is 11.4. The van der Waals surface area contributed by atoms with E-state index in [4.69, 9.17) is 10.5 Å². The minimum atomic E-state index is -0.409. The summed E-state index contributed by atoms with van der Waals surface area (Å²) in [6.45, 7) is 2.12. The summed E-state index contributed by atoms with van der Waals surface area (Å²) in [4.78, 5) is 15.6. The number of thiazole rings is 1. The van der Waals surface area contributed by atoms with Crippen molar-refractivity contribution in [2.75, 3.05) is 12.3 Å². The Kier molecular flexibility index (Phi) is 2.41. The first-order valence-corrected chi connectivity index (χ1v) is 5.47. The molecule has 2 N–H and O–H groups in total. The molecule has 0 unspecified atom stereocenters. The van der Waals surface area contributed by atoms with Crippen LogP contribution in [-0.4, -0.2) is 17.6 Å². The van der Waals surface area contributed by atoms with E-state index in [0.29, 0.717) is 23.2 Å². The van der Waals surface area contributed by atoms with Crippen molar-refractivity contribution in [2.24, 2.45) is 0 Å². The van der Waals surface area contributed by atoms with Crippen LogP contribution < -0.4 is 5.73 Å². The number of ether oxygens (including phenoxy) is 1. The van der Waals surface area contributed by atoms with E-state index in [-0.39, 0.29) is 0 Å². The van der Waals surface area contributed by atoms with Crippen LogP contribution in [-0.2, 0) is 4.74 Å². The van der Waals surface area contributed by atoms with E-state index in [1.807, 2.05) is 0 Å². The molecule has 0 aromatic carbocycles. The van der Waals surface area contributed by atoms with Crippen LogP contribution in [0.25, 0.3) is 0 Å². The lowest BCUT2D eigenvalue weighted by molar-refractivity contribution is 0.0521. The maximum Gasteiger partial charge on any atom is 0.360 e. The fraction of sp³-hybridized carbons (Fsp3) is 0.556. The summed E-state index contributed by atoms with van der Waals surface area (Å²) >= 11 is 1.40. The van der Waals surface area contributed by atoms with Crippen molar-refractivity contribution in [1.29, 1.82) is 0 Å². The summed E-state index contributed by atoms with van der Waals surface area (Å²) < 4.78 is 4.85. The van der Waals surface area contributed by atoms with Crippen molar-refractivity contribution in [3.63, 3.8) is 0 Å². The Balaban J connectivity index is 2.19. The van der Waals surface area contributed by atoms with Gasteiger partial charge in [0, 0.05) is 5.92 Å². The molecule has 0 aliphatic heterocycles. The summed E-state index contributed by atoms with van der Waals surface area (Å²) in [5.74, 6) is 0.124. The Labute approximate surface area is 86.1 Å². The minimum Gasteiger partial charge on any atom is -0.461 e. The summed E-state index contributed by atoms with van der Waals surface area (Å²) in [6.07, 6.45) is 2.32. The fourth-order valence-electron chi connectivity index (χ4n) is 1.20. The molecule has 1 heterocycles. The summed E-state index contributed by atoms with van der Waals surface area (Å²) in [6, 6.07) is 0. The summed E-state index contributed by atoms with van der Waals surface area (Å²) in [7, 11) is 0. The first-order valence-electron chi connectivity index (χ1n) is 4.65. The molecule has 2 rings (SSSR count). The van der Waals surface area contributed by atoms with E-state index in [2.05, 4.69) is 4.98 Å². The highest BCUT2D eigenvalue weighted by atomic mass is 32.1. The van der Waals surface area contributed by atoms with E-state index >= 15 is 0 Å². The second-order valence-electron chi connectivity index (χ2n) is 3.26. The Morgan fingerprint density at radius 1 is 1.71 bits per heavy atom. The zero-order valence-electron chi connectivity index (χ0n) is 7.95. The average molecular weight is 212 g/mol. The highest BCUT2D eigenvalue weighted by molar-refractivity contribution is 7.16. The Bertz CT molecular complexity index is 358. The number of esters is 1. The first-order chi connectivity index (χ1) is 6.72. The second kappa shape index (κ2) is 3.57. The molecule has 0 amide bonds. The number of hydrogen-bond donors (Lipinski definition) is 1. The number of rotatable bonds is 3. The predicted octanol–water partition coefficient (Wildman–Crippen LogP) is 1.78. The average Bonchev–Trinajstić information content (AvgIpc) is 2.91. The van der Waals surface area contributed by atoms with E-state index in [1.54, 1.807) is 6.92 Å². The molecule has 4 nitrogen and oxygen atoms in total. The largest absolute Gasteiger partial charge is 0.461 e. The number of carbonyl (C=O) groups is 1. The van der Waals surface area contributed by atoms with Crippen LogP contribution in [0.1, 0.15) is 41.2 Å². The number of nitrogens with zero attached hydrogens (tertiary/aromatic N) is 1. The van der Waals surface area contributed by atoms with Gasteiger partial charge in [-0.3, -0.25) is 0 Å². The van der Waals surface area contributed by atoms with Crippen molar-refractivity contribution in [3.05, 3.63) is 10.7 Å². The molecule has 1 aromatic rings. The SMILES string of the molecule is CCOC(=O)c1nc(C2CC2)sc1N. The highest BCUT2D eigenvalue weighted by Gasteiger charge is 2.29. The Morgan fingerprint density at radius 3 is 3.00 bits per heavy atom. The van der Waals surface area contributed by atoms with Crippen molar-refractivity contribution in [3.8, 4) is 0 Å². The Hall–Kier alpha value is -1.10. The number of anilines is 1. The van der Waals surface area contributed by atoms with E-state index in [0.717, 1.165) is 17.8 Å². The van der Waals surface area contributed by atoms with Crippen LogP contribution in [0.15, 0.2) is 0 Å². The van der Waals surface area contributed by atoms with Gasteiger partial charge in [0.2, 0.25) is 0 Å². The molecular weight excluding hydrogens is 200 g/mol. The van der Waals surface area contributed by atoms with Gasteiger partial charge in [-0.25, -0.2) is 9.78 Å². The van der Waals surface area contributed by atoms with Gasteiger partial charge in [0.05, 0.1) is 11.6 Å². The molecule has 1 aromatic heterocycles. The van der Waals surface area contributed by atoms with Crippen LogP contribution in [0.2, 0.25) is 0 Å². The normalized spacial score (nSPS) is 15.5. The maximum atomic E-state index is 11.4. The molecule has 0 bridgehead atoms. The number of aromatic nitrogens is 1. The smallest absolute Gasteiger partial charge is 0.360 e. The molecule has 1 saturated carbocycles.